The first-order valence-corrected chi connectivity index (χ1v) is 7.63. The summed E-state index contributed by atoms with van der Waals surface area (Å²) in [7, 11) is 0. The van der Waals surface area contributed by atoms with Crippen molar-refractivity contribution in [2.45, 2.75) is 6.54 Å². The summed E-state index contributed by atoms with van der Waals surface area (Å²) >= 11 is 5.96. The van der Waals surface area contributed by atoms with Crippen LogP contribution in [0, 0.1) is 0 Å². The van der Waals surface area contributed by atoms with Gasteiger partial charge in [0, 0.05) is 30.3 Å². The zero-order valence-electron chi connectivity index (χ0n) is 11.9. The molecule has 0 atom stereocenters. The van der Waals surface area contributed by atoms with Crippen LogP contribution in [-0.2, 0) is 6.54 Å². The number of hydrogen-bond acceptors (Lipinski definition) is 3. The lowest BCUT2D eigenvalue weighted by atomic mass is 10.1. The maximum atomic E-state index is 5.96. The molecule has 1 aliphatic heterocycles. The standard InChI is InChI=1S/C17H19ClN2O/c18-15-5-3-6-16(12-15)21-11-10-20-9-8-19-13-14-4-1-2-7-17(14)20/h1-7,12,19H,8-11,13H2. The van der Waals surface area contributed by atoms with Crippen molar-refractivity contribution in [3.63, 3.8) is 0 Å². The molecule has 0 saturated carbocycles. The molecule has 0 saturated heterocycles. The maximum absolute atomic E-state index is 5.96. The highest BCUT2D eigenvalue weighted by atomic mass is 35.5. The maximum Gasteiger partial charge on any atom is 0.120 e. The summed E-state index contributed by atoms with van der Waals surface area (Å²) in [5, 5.41) is 4.15. The van der Waals surface area contributed by atoms with Crippen LogP contribution in [0.5, 0.6) is 5.75 Å². The van der Waals surface area contributed by atoms with Gasteiger partial charge in [-0.3, -0.25) is 0 Å². The van der Waals surface area contributed by atoms with E-state index in [1.807, 2.05) is 24.3 Å². The van der Waals surface area contributed by atoms with E-state index in [-0.39, 0.29) is 0 Å². The summed E-state index contributed by atoms with van der Waals surface area (Å²) in [6.45, 7) is 4.43. The number of ether oxygens (including phenoxy) is 1. The molecule has 0 amide bonds. The molecule has 0 fully saturated rings. The van der Waals surface area contributed by atoms with Crippen LogP contribution in [0.1, 0.15) is 5.56 Å². The smallest absolute Gasteiger partial charge is 0.120 e. The monoisotopic (exact) mass is 302 g/mol. The Bertz CT molecular complexity index is 603. The topological polar surface area (TPSA) is 24.5 Å². The lowest BCUT2D eigenvalue weighted by molar-refractivity contribution is 0.324. The average molecular weight is 303 g/mol. The Morgan fingerprint density at radius 1 is 1.14 bits per heavy atom. The largest absolute Gasteiger partial charge is 0.492 e. The van der Waals surface area contributed by atoms with Crippen molar-refractivity contribution < 1.29 is 4.74 Å². The van der Waals surface area contributed by atoms with Gasteiger partial charge in [0.25, 0.3) is 0 Å². The van der Waals surface area contributed by atoms with E-state index in [0.717, 1.165) is 31.9 Å². The first-order chi connectivity index (χ1) is 10.3. The van der Waals surface area contributed by atoms with Gasteiger partial charge in [-0.25, -0.2) is 0 Å². The molecule has 3 rings (SSSR count). The van der Waals surface area contributed by atoms with Gasteiger partial charge in [0.1, 0.15) is 12.4 Å². The Balaban J connectivity index is 1.62. The summed E-state index contributed by atoms with van der Waals surface area (Å²) in [6.07, 6.45) is 0. The van der Waals surface area contributed by atoms with Gasteiger partial charge in [-0.2, -0.15) is 0 Å². The summed E-state index contributed by atoms with van der Waals surface area (Å²) < 4.78 is 5.80. The Labute approximate surface area is 130 Å². The van der Waals surface area contributed by atoms with E-state index in [1.165, 1.54) is 11.3 Å². The molecule has 1 heterocycles. The minimum atomic E-state index is 0.647. The van der Waals surface area contributed by atoms with E-state index in [4.69, 9.17) is 16.3 Å². The Morgan fingerprint density at radius 3 is 2.95 bits per heavy atom. The van der Waals surface area contributed by atoms with Crippen molar-refractivity contribution in [3.8, 4) is 5.75 Å². The van der Waals surface area contributed by atoms with Crippen molar-refractivity contribution in [1.82, 2.24) is 5.32 Å². The molecule has 21 heavy (non-hydrogen) atoms. The molecule has 0 unspecified atom stereocenters. The van der Waals surface area contributed by atoms with Crippen LogP contribution in [0.2, 0.25) is 5.02 Å². The number of nitrogens with zero attached hydrogens (tertiary/aromatic N) is 1. The van der Waals surface area contributed by atoms with Crippen molar-refractivity contribution in [1.29, 1.82) is 0 Å². The summed E-state index contributed by atoms with van der Waals surface area (Å²) in [6, 6.07) is 16.1. The van der Waals surface area contributed by atoms with Crippen LogP contribution in [0.4, 0.5) is 5.69 Å². The van der Waals surface area contributed by atoms with Gasteiger partial charge in [0.05, 0.1) is 6.54 Å². The van der Waals surface area contributed by atoms with Crippen LogP contribution in [-0.4, -0.2) is 26.2 Å². The molecule has 4 heteroatoms. The normalized spacial score (nSPS) is 14.4. The van der Waals surface area contributed by atoms with Crippen LogP contribution < -0.4 is 15.0 Å². The Hall–Kier alpha value is -1.71. The SMILES string of the molecule is Clc1cccc(OCCN2CCNCc3ccccc32)c1. The molecule has 3 nitrogen and oxygen atoms in total. The fourth-order valence-corrected chi connectivity index (χ4v) is 2.77. The van der Waals surface area contributed by atoms with Crippen molar-refractivity contribution in [2.24, 2.45) is 0 Å². The fraction of sp³-hybridized carbons (Fsp3) is 0.294. The molecule has 2 aromatic rings. The quantitative estimate of drug-likeness (QED) is 0.937. The van der Waals surface area contributed by atoms with Gasteiger partial charge >= 0.3 is 0 Å². The second-order valence-corrected chi connectivity index (χ2v) is 5.53. The molecule has 1 N–H and O–H groups in total. The number of benzene rings is 2. The summed E-state index contributed by atoms with van der Waals surface area (Å²) in [5.41, 5.74) is 2.65. The van der Waals surface area contributed by atoms with Gasteiger partial charge in [-0.05, 0) is 29.8 Å². The van der Waals surface area contributed by atoms with Gasteiger partial charge in [0.2, 0.25) is 0 Å². The van der Waals surface area contributed by atoms with Gasteiger partial charge in [-0.15, -0.1) is 0 Å². The van der Waals surface area contributed by atoms with E-state index in [1.54, 1.807) is 0 Å². The van der Waals surface area contributed by atoms with Gasteiger partial charge in [0.15, 0.2) is 0 Å². The van der Waals surface area contributed by atoms with Crippen LogP contribution >= 0.6 is 11.6 Å². The van der Waals surface area contributed by atoms with E-state index in [2.05, 4.69) is 34.5 Å². The Kier molecular flexibility index (Phi) is 4.63. The second-order valence-electron chi connectivity index (χ2n) is 5.10. The molecule has 0 radical (unpaired) electrons. The number of anilines is 1. The molecule has 0 aromatic heterocycles. The fourth-order valence-electron chi connectivity index (χ4n) is 2.59. The predicted octanol–water partition coefficient (Wildman–Crippen LogP) is 3.33. The first kappa shape index (κ1) is 14.2. The molecule has 0 aliphatic carbocycles. The third-order valence-corrected chi connectivity index (χ3v) is 3.87. The predicted molar refractivity (Wildman–Crippen MR) is 87.3 cm³/mol. The minimum absolute atomic E-state index is 0.647. The van der Waals surface area contributed by atoms with Crippen LogP contribution in [0.3, 0.4) is 0 Å². The minimum Gasteiger partial charge on any atom is -0.492 e. The number of para-hydroxylation sites is 1. The van der Waals surface area contributed by atoms with Crippen molar-refractivity contribution in [3.05, 3.63) is 59.1 Å². The molecular weight excluding hydrogens is 284 g/mol. The van der Waals surface area contributed by atoms with Crippen molar-refractivity contribution >= 4 is 17.3 Å². The van der Waals surface area contributed by atoms with E-state index in [0.29, 0.717) is 11.6 Å². The van der Waals surface area contributed by atoms with Crippen molar-refractivity contribution in [2.75, 3.05) is 31.1 Å². The van der Waals surface area contributed by atoms with Crippen LogP contribution in [0.15, 0.2) is 48.5 Å². The van der Waals surface area contributed by atoms with Crippen LogP contribution in [0.25, 0.3) is 0 Å². The molecule has 2 aromatic carbocycles. The highest BCUT2D eigenvalue weighted by molar-refractivity contribution is 6.30. The number of halogens is 1. The summed E-state index contributed by atoms with van der Waals surface area (Å²) in [4.78, 5) is 2.37. The number of nitrogens with one attached hydrogen (secondary N) is 1. The van der Waals surface area contributed by atoms with Gasteiger partial charge in [-0.1, -0.05) is 35.9 Å². The lowest BCUT2D eigenvalue weighted by Gasteiger charge is -2.24. The number of rotatable bonds is 4. The molecule has 110 valence electrons. The average Bonchev–Trinajstić information content (AvgIpc) is 2.70. The van der Waals surface area contributed by atoms with E-state index in [9.17, 15) is 0 Å². The number of hydrogen-bond donors (Lipinski definition) is 1. The highest BCUT2D eigenvalue weighted by Gasteiger charge is 2.13. The molecule has 1 aliphatic rings. The first-order valence-electron chi connectivity index (χ1n) is 7.25. The van der Waals surface area contributed by atoms with Gasteiger partial charge < -0.3 is 15.0 Å². The zero-order valence-corrected chi connectivity index (χ0v) is 12.6. The van der Waals surface area contributed by atoms with E-state index >= 15 is 0 Å². The van der Waals surface area contributed by atoms with E-state index < -0.39 is 0 Å². The Morgan fingerprint density at radius 2 is 2.05 bits per heavy atom. The zero-order chi connectivity index (χ0) is 14.5. The summed E-state index contributed by atoms with van der Waals surface area (Å²) in [5.74, 6) is 0.823. The third-order valence-electron chi connectivity index (χ3n) is 3.63. The lowest BCUT2D eigenvalue weighted by Crippen LogP contribution is -2.32. The second kappa shape index (κ2) is 6.83. The molecule has 0 spiro atoms. The highest BCUT2D eigenvalue weighted by Crippen LogP contribution is 2.22. The molecular formula is C17H19ClN2O. The number of fused-ring (bicyclic) bond motifs is 1. The molecule has 0 bridgehead atoms. The third kappa shape index (κ3) is 3.69.